The van der Waals surface area contributed by atoms with Gasteiger partial charge in [-0.1, -0.05) is 24.3 Å². The summed E-state index contributed by atoms with van der Waals surface area (Å²) >= 11 is 0. The first-order chi connectivity index (χ1) is 11.2. The first kappa shape index (κ1) is 15.3. The van der Waals surface area contributed by atoms with Crippen LogP contribution in [0.5, 0.6) is 5.75 Å². The van der Waals surface area contributed by atoms with Crippen LogP contribution in [0.25, 0.3) is 0 Å². The zero-order chi connectivity index (χ0) is 16.2. The Kier molecular flexibility index (Phi) is 4.43. The molecule has 1 aliphatic rings. The van der Waals surface area contributed by atoms with Crippen molar-refractivity contribution in [3.63, 3.8) is 0 Å². The molecule has 1 aromatic carbocycles. The van der Waals surface area contributed by atoms with E-state index < -0.39 is 12.1 Å². The number of carbonyl (C=O) groups is 1. The van der Waals surface area contributed by atoms with E-state index >= 15 is 0 Å². The van der Waals surface area contributed by atoms with Crippen LogP contribution in [-0.4, -0.2) is 29.3 Å². The van der Waals surface area contributed by atoms with Crippen molar-refractivity contribution in [2.75, 3.05) is 12.4 Å². The summed E-state index contributed by atoms with van der Waals surface area (Å²) in [7, 11) is 1.54. The van der Waals surface area contributed by atoms with E-state index in [2.05, 4.69) is 15.6 Å². The molecule has 23 heavy (non-hydrogen) atoms. The van der Waals surface area contributed by atoms with E-state index in [0.717, 1.165) is 17.5 Å². The number of nitrogens with one attached hydrogen (secondary N) is 2. The zero-order valence-electron chi connectivity index (χ0n) is 12.8. The average molecular weight is 313 g/mol. The van der Waals surface area contributed by atoms with Gasteiger partial charge in [0.1, 0.15) is 5.75 Å². The third-order valence-electron chi connectivity index (χ3n) is 3.98. The molecule has 0 aliphatic heterocycles. The third kappa shape index (κ3) is 3.43. The quantitative estimate of drug-likeness (QED) is 0.811. The molecule has 1 aromatic heterocycles. The van der Waals surface area contributed by atoms with Gasteiger partial charge in [-0.15, -0.1) is 0 Å². The number of methoxy groups -OCH3 is 1. The number of carbonyl (C=O) groups excluding carboxylic acids is 1. The Labute approximate surface area is 134 Å². The molecule has 6 heteroatoms. The topological polar surface area (TPSA) is 83.5 Å². The van der Waals surface area contributed by atoms with Crippen molar-refractivity contribution in [1.29, 1.82) is 0 Å². The molecular formula is C17H19N3O3. The number of hydrogen-bond acceptors (Lipinski definition) is 4. The van der Waals surface area contributed by atoms with Crippen LogP contribution in [0.2, 0.25) is 0 Å². The summed E-state index contributed by atoms with van der Waals surface area (Å²) in [5.41, 5.74) is 2.65. The summed E-state index contributed by atoms with van der Waals surface area (Å²) in [4.78, 5) is 16.2. The zero-order valence-corrected chi connectivity index (χ0v) is 12.8. The number of urea groups is 1. The van der Waals surface area contributed by atoms with Crippen molar-refractivity contribution in [3.8, 4) is 5.75 Å². The lowest BCUT2D eigenvalue weighted by Gasteiger charge is -2.31. The highest BCUT2D eigenvalue weighted by atomic mass is 16.5. The normalized spacial score (nSPS) is 19.6. The van der Waals surface area contributed by atoms with Gasteiger partial charge in [-0.05, 0) is 24.0 Å². The second-order valence-electron chi connectivity index (χ2n) is 5.49. The number of amides is 2. The number of fused-ring (bicyclic) bond motifs is 1. The molecule has 0 unspecified atom stereocenters. The second kappa shape index (κ2) is 6.66. The first-order valence-corrected chi connectivity index (χ1v) is 7.50. The molecule has 2 atom stereocenters. The highest BCUT2D eigenvalue weighted by molar-refractivity contribution is 5.89. The lowest BCUT2D eigenvalue weighted by atomic mass is 9.86. The van der Waals surface area contributed by atoms with Crippen molar-refractivity contribution in [1.82, 2.24) is 10.3 Å². The second-order valence-corrected chi connectivity index (χ2v) is 5.49. The largest absolute Gasteiger partial charge is 0.495 e. The molecule has 0 bridgehead atoms. The molecule has 2 amide bonds. The van der Waals surface area contributed by atoms with Gasteiger partial charge in [0.25, 0.3) is 0 Å². The van der Waals surface area contributed by atoms with E-state index in [1.54, 1.807) is 12.3 Å². The molecule has 1 heterocycles. The van der Waals surface area contributed by atoms with E-state index in [1.165, 1.54) is 13.3 Å². The Morgan fingerprint density at radius 3 is 3.00 bits per heavy atom. The number of anilines is 1. The predicted octanol–water partition coefficient (Wildman–Crippen LogP) is 2.26. The van der Waals surface area contributed by atoms with Gasteiger partial charge in [-0.3, -0.25) is 4.98 Å². The molecule has 0 saturated carbocycles. The molecule has 3 N–H and O–H groups in total. The molecule has 1 aliphatic carbocycles. The van der Waals surface area contributed by atoms with Crippen LogP contribution >= 0.6 is 0 Å². The summed E-state index contributed by atoms with van der Waals surface area (Å²) in [6.45, 7) is 0. The number of aliphatic hydroxyl groups is 1. The van der Waals surface area contributed by atoms with Gasteiger partial charge < -0.3 is 20.5 Å². The minimum absolute atomic E-state index is 0.388. The Morgan fingerprint density at radius 1 is 1.35 bits per heavy atom. The molecule has 120 valence electrons. The minimum Gasteiger partial charge on any atom is -0.495 e. The third-order valence-corrected chi connectivity index (χ3v) is 3.98. The van der Waals surface area contributed by atoms with Gasteiger partial charge >= 0.3 is 6.03 Å². The standard InChI is InChI=1S/C17H19N3O3/c1-23-13-8-12(9-18-10-13)19-17(22)20-16-14-5-3-2-4-11(14)6-7-15(16)21/h2-5,8-10,15-16,21H,6-7H2,1H3,(H2,19,20,22)/t15-,16+/m1/s1. The Hall–Kier alpha value is -2.60. The number of ether oxygens (including phenoxy) is 1. The number of hydrogen-bond donors (Lipinski definition) is 3. The van der Waals surface area contributed by atoms with Crippen molar-refractivity contribution < 1.29 is 14.6 Å². The van der Waals surface area contributed by atoms with E-state index in [9.17, 15) is 9.90 Å². The maximum absolute atomic E-state index is 12.2. The number of nitrogens with zero attached hydrogens (tertiary/aromatic N) is 1. The molecule has 0 spiro atoms. The highest BCUT2D eigenvalue weighted by Gasteiger charge is 2.29. The van der Waals surface area contributed by atoms with Crippen molar-refractivity contribution in [2.24, 2.45) is 0 Å². The van der Waals surface area contributed by atoms with E-state index in [-0.39, 0.29) is 6.03 Å². The number of pyridine rings is 1. The van der Waals surface area contributed by atoms with Gasteiger partial charge in [-0.2, -0.15) is 0 Å². The van der Waals surface area contributed by atoms with Crippen LogP contribution < -0.4 is 15.4 Å². The van der Waals surface area contributed by atoms with Gasteiger partial charge in [0.15, 0.2) is 0 Å². The number of rotatable bonds is 3. The fourth-order valence-electron chi connectivity index (χ4n) is 2.82. The number of aromatic nitrogens is 1. The monoisotopic (exact) mass is 313 g/mol. The van der Waals surface area contributed by atoms with Crippen LogP contribution in [0.4, 0.5) is 10.5 Å². The Morgan fingerprint density at radius 2 is 2.17 bits per heavy atom. The predicted molar refractivity (Wildman–Crippen MR) is 86.5 cm³/mol. The van der Waals surface area contributed by atoms with Crippen molar-refractivity contribution in [2.45, 2.75) is 25.0 Å². The average Bonchev–Trinajstić information content (AvgIpc) is 2.57. The summed E-state index contributed by atoms with van der Waals surface area (Å²) in [6, 6.07) is 8.72. The number of aliphatic hydroxyl groups excluding tert-OH is 1. The summed E-state index contributed by atoms with van der Waals surface area (Å²) < 4.78 is 5.08. The first-order valence-electron chi connectivity index (χ1n) is 7.50. The summed E-state index contributed by atoms with van der Waals surface area (Å²) in [5.74, 6) is 0.561. The molecule has 3 rings (SSSR count). The van der Waals surface area contributed by atoms with Gasteiger partial charge in [0.2, 0.25) is 0 Å². The van der Waals surface area contributed by atoms with Crippen LogP contribution in [-0.2, 0) is 6.42 Å². The van der Waals surface area contributed by atoms with E-state index in [0.29, 0.717) is 17.9 Å². The van der Waals surface area contributed by atoms with Crippen LogP contribution in [0.15, 0.2) is 42.7 Å². The van der Waals surface area contributed by atoms with E-state index in [4.69, 9.17) is 4.74 Å². The maximum Gasteiger partial charge on any atom is 0.319 e. The lowest BCUT2D eigenvalue weighted by molar-refractivity contribution is 0.115. The molecule has 0 saturated heterocycles. The molecule has 0 radical (unpaired) electrons. The Bertz CT molecular complexity index is 705. The maximum atomic E-state index is 12.2. The lowest BCUT2D eigenvalue weighted by Crippen LogP contribution is -2.41. The fourth-order valence-corrected chi connectivity index (χ4v) is 2.82. The fraction of sp³-hybridized carbons (Fsp3) is 0.294. The SMILES string of the molecule is COc1cncc(NC(=O)N[C@H]2c3ccccc3CC[C@H]2O)c1. The molecule has 2 aromatic rings. The van der Waals surface area contributed by atoms with Crippen LogP contribution in [0, 0.1) is 0 Å². The van der Waals surface area contributed by atoms with Gasteiger partial charge in [0, 0.05) is 6.07 Å². The smallest absolute Gasteiger partial charge is 0.319 e. The summed E-state index contributed by atoms with van der Waals surface area (Å²) in [5, 5.41) is 15.8. The van der Waals surface area contributed by atoms with Crippen molar-refractivity contribution >= 4 is 11.7 Å². The number of benzene rings is 1. The molecule has 0 fully saturated rings. The summed E-state index contributed by atoms with van der Waals surface area (Å²) in [6.07, 6.45) is 3.94. The minimum atomic E-state index is -0.598. The molecular weight excluding hydrogens is 294 g/mol. The van der Waals surface area contributed by atoms with Gasteiger partial charge in [-0.25, -0.2) is 4.79 Å². The van der Waals surface area contributed by atoms with E-state index in [1.807, 2.05) is 24.3 Å². The highest BCUT2D eigenvalue weighted by Crippen LogP contribution is 2.30. The van der Waals surface area contributed by atoms with Crippen molar-refractivity contribution in [3.05, 3.63) is 53.9 Å². The van der Waals surface area contributed by atoms with Gasteiger partial charge in [0.05, 0.1) is 37.3 Å². The Balaban J connectivity index is 1.72. The van der Waals surface area contributed by atoms with Crippen LogP contribution in [0.3, 0.4) is 0 Å². The number of aryl methyl sites for hydroxylation is 1. The van der Waals surface area contributed by atoms with Crippen LogP contribution in [0.1, 0.15) is 23.6 Å². The molecule has 6 nitrogen and oxygen atoms in total.